The molecule has 4 aliphatic rings. The molecule has 9 N–H and O–H groups in total. The Morgan fingerprint density at radius 1 is 0.887 bits per heavy atom. The van der Waals surface area contributed by atoms with Crippen LogP contribution in [0.25, 0.3) is 11.2 Å². The van der Waals surface area contributed by atoms with Crippen molar-refractivity contribution in [2.45, 2.75) is 119 Å². The maximum atomic E-state index is 16.6. The van der Waals surface area contributed by atoms with Gasteiger partial charge in [0.1, 0.15) is 48.3 Å². The number of halogens is 2. The highest BCUT2D eigenvalue weighted by Crippen LogP contribution is 2.64. The second-order valence-corrected chi connectivity index (χ2v) is 23.8. The first-order chi connectivity index (χ1) is 38.3. The Bertz CT molecular complexity index is 3100. The molecule has 1 aromatic carbocycles. The van der Waals surface area contributed by atoms with Crippen LogP contribution in [-0.2, 0) is 61.9 Å². The number of benzene rings is 1. The first kappa shape index (κ1) is 59.6. The van der Waals surface area contributed by atoms with Crippen molar-refractivity contribution in [3.8, 4) is 0 Å². The number of nitrogens with zero attached hydrogens (tertiary/aromatic N) is 6. The molecule has 28 nitrogen and oxygen atoms in total. The standard InChI is InChI=1S/C47H59F2N13O15P2S/c1-24(2)36(58-30(63)8-4-3-5-17-60-32(65)13-14-33(60)66)43(68)57-27(7-6-16-52-46(51)69)42(67)56-26-11-9-25(10-12-26)21-80-79(71)73-20-29-38(34(48)45(75-29)62-23-55-37-40(50)53-22-54-41(37)62)76-78-72-19-28-39(77-79)35(49)44(74-28)61-18-15-31(64)59-47(61)70/h9-15,18,22-24,27-29,34-36,38-39,44-45,78H,3-8,16-17,19-21H2,1-2H3,(H,56,67)(H,57,68)(H,58,63)(H2,50,53,54)(H3,51,52,69)(H,59,64,70)/t27?,28-,29-,34-,35-,36?,38-,39-,44-,45-,79?/m1/s1. The number of carbonyl (C=O) groups is 6. The minimum Gasteiger partial charge on any atom is -0.382 e. The Morgan fingerprint density at radius 2 is 1.60 bits per heavy atom. The predicted octanol–water partition coefficient (Wildman–Crippen LogP) is 2.29. The van der Waals surface area contributed by atoms with Gasteiger partial charge in [-0.3, -0.25) is 56.8 Å². The summed E-state index contributed by atoms with van der Waals surface area (Å²) in [4.78, 5) is 116. The molecule has 0 saturated carbocycles. The quantitative estimate of drug-likeness (QED) is 0.0357. The van der Waals surface area contributed by atoms with Crippen molar-refractivity contribution in [2.24, 2.45) is 11.7 Å². The number of hydrogen-bond donors (Lipinski definition) is 7. The first-order valence-electron chi connectivity index (χ1n) is 25.3. The molecule has 0 bridgehead atoms. The fourth-order valence-electron chi connectivity index (χ4n) is 8.95. The van der Waals surface area contributed by atoms with Crippen LogP contribution < -0.4 is 44.0 Å². The van der Waals surface area contributed by atoms with Gasteiger partial charge in [-0.15, -0.1) is 0 Å². The van der Waals surface area contributed by atoms with Crippen LogP contribution in [0, 0.1) is 5.92 Å². The van der Waals surface area contributed by atoms with E-state index in [1.54, 1.807) is 26.0 Å². The number of primary amides is 1. The third-order valence-electron chi connectivity index (χ3n) is 13.1. The monoisotopic (exact) mass is 1180 g/mol. The van der Waals surface area contributed by atoms with E-state index < -0.39 is 131 Å². The van der Waals surface area contributed by atoms with Crippen LogP contribution in [0.15, 0.2) is 70.9 Å². The van der Waals surface area contributed by atoms with Crippen LogP contribution in [0.2, 0.25) is 0 Å². The number of imidazole rings is 1. The first-order valence-corrected chi connectivity index (χ1v) is 29.2. The lowest BCUT2D eigenvalue weighted by molar-refractivity contribution is -0.137. The van der Waals surface area contributed by atoms with Gasteiger partial charge in [-0.05, 0) is 60.7 Å². The van der Waals surface area contributed by atoms with Crippen molar-refractivity contribution >= 4 is 85.5 Å². The SMILES string of the molecule is CC(C)C(NC(=O)CCCCCN1C(=O)C=CC1=O)C(=O)NC(CCCNC(N)=O)C(=O)Nc1ccc(CSP2(=O)OC[C@H]3O[C@@H](n4cnc5c(N)ncnc54)[C@H](F)[C@@H]3OPOC[C@H]3O[C@@H](n4ccc(=O)[nH]c4=O)[C@H](F)[C@@H]3O2)cc1. The molecule has 3 saturated heterocycles. The third kappa shape index (κ3) is 14.7. The largest absolute Gasteiger partial charge is 0.389 e. The van der Waals surface area contributed by atoms with Gasteiger partial charge in [0, 0.05) is 55.4 Å². The van der Waals surface area contributed by atoms with Crippen LogP contribution in [0.4, 0.5) is 25.1 Å². The average Bonchev–Trinajstić information content (AvgIpc) is 4.21. The molecule has 432 valence electrons. The average molecular weight is 1180 g/mol. The van der Waals surface area contributed by atoms with Crippen molar-refractivity contribution in [1.29, 1.82) is 0 Å². The lowest BCUT2D eigenvalue weighted by Crippen LogP contribution is -2.54. The van der Waals surface area contributed by atoms with Crippen LogP contribution in [0.5, 0.6) is 0 Å². The molecular weight excluding hydrogens is 1120 g/mol. The molecule has 3 aromatic heterocycles. The van der Waals surface area contributed by atoms with E-state index in [-0.39, 0.29) is 72.6 Å². The number of fused-ring (bicyclic) bond motifs is 3. The Balaban J connectivity index is 0.936. The van der Waals surface area contributed by atoms with Gasteiger partial charge in [0.15, 0.2) is 45.3 Å². The maximum Gasteiger partial charge on any atom is 0.389 e. The second kappa shape index (κ2) is 26.8. The fraction of sp³-hybridized carbons (Fsp3) is 0.511. The summed E-state index contributed by atoms with van der Waals surface area (Å²) in [6.45, 7) is -1.96. The summed E-state index contributed by atoms with van der Waals surface area (Å²) in [7, 11) is -0.866. The molecule has 4 aromatic rings. The lowest BCUT2D eigenvalue weighted by atomic mass is 10.0. The number of urea groups is 1. The topological polar surface area (TPSA) is 377 Å². The molecule has 4 aliphatic heterocycles. The van der Waals surface area contributed by atoms with Gasteiger partial charge in [0.25, 0.3) is 17.4 Å². The van der Waals surface area contributed by atoms with Crippen molar-refractivity contribution in [3.63, 3.8) is 0 Å². The molecule has 33 heteroatoms. The number of rotatable bonds is 21. The molecule has 0 spiro atoms. The summed E-state index contributed by atoms with van der Waals surface area (Å²) in [5.41, 5.74) is 10.5. The van der Waals surface area contributed by atoms with E-state index in [2.05, 4.69) is 36.2 Å². The number of imide groups is 1. The number of amides is 7. The summed E-state index contributed by atoms with van der Waals surface area (Å²) in [5, 5.41) is 10.7. The highest BCUT2D eigenvalue weighted by molar-refractivity contribution is 8.54. The van der Waals surface area contributed by atoms with Crippen molar-refractivity contribution < 1.29 is 69.7 Å². The molecule has 7 heterocycles. The number of H-pyrrole nitrogens is 1. The van der Waals surface area contributed by atoms with Crippen LogP contribution in [0.1, 0.15) is 70.4 Å². The number of nitrogens with one attached hydrogen (secondary N) is 5. The summed E-state index contributed by atoms with van der Waals surface area (Å²) in [5.74, 6) is -2.98. The Morgan fingerprint density at radius 3 is 2.31 bits per heavy atom. The molecular formula is C47H59F2N13O15P2S. The van der Waals surface area contributed by atoms with E-state index in [4.69, 9.17) is 39.0 Å². The number of hydrogen-bond acceptors (Lipinski definition) is 20. The lowest BCUT2D eigenvalue weighted by Gasteiger charge is -2.28. The molecule has 8 rings (SSSR count). The third-order valence-corrected chi connectivity index (χ3v) is 17.4. The number of ether oxygens (including phenoxy) is 2. The molecule has 4 unspecified atom stereocenters. The fourth-order valence-corrected chi connectivity index (χ4v) is 13.0. The number of carbonyl (C=O) groups excluding carboxylic acids is 6. The molecule has 12 atom stereocenters. The van der Waals surface area contributed by atoms with Crippen LogP contribution in [0.3, 0.4) is 0 Å². The normalized spacial score (nSPS) is 26.1. The van der Waals surface area contributed by atoms with Crippen molar-refractivity contribution in [2.75, 3.05) is 37.4 Å². The summed E-state index contributed by atoms with van der Waals surface area (Å²) < 4.78 is 85.8. The number of unbranched alkanes of at least 4 members (excludes halogenated alkanes) is 2. The van der Waals surface area contributed by atoms with E-state index in [0.717, 1.165) is 21.7 Å². The number of aromatic amines is 1. The minimum absolute atomic E-state index is 0.0373. The van der Waals surface area contributed by atoms with E-state index >= 15 is 13.3 Å². The van der Waals surface area contributed by atoms with Crippen LogP contribution in [-0.4, -0.2) is 145 Å². The summed E-state index contributed by atoms with van der Waals surface area (Å²) in [6.07, 6.45) is -5.32. The zero-order valence-corrected chi connectivity index (χ0v) is 45.7. The number of nitrogen functional groups attached to an aromatic ring is 1. The second-order valence-electron chi connectivity index (χ2n) is 19.1. The van der Waals surface area contributed by atoms with Crippen molar-refractivity contribution in [3.05, 3.63) is 87.7 Å². The molecule has 0 radical (unpaired) electrons. The number of nitrogens with two attached hydrogens (primary N) is 2. The van der Waals surface area contributed by atoms with E-state index in [0.29, 0.717) is 36.2 Å². The van der Waals surface area contributed by atoms with Gasteiger partial charge in [0.05, 0.1) is 19.5 Å². The summed E-state index contributed by atoms with van der Waals surface area (Å²) in [6, 6.07) is 4.17. The Labute approximate surface area is 459 Å². The Hall–Kier alpha value is -6.56. The molecule has 7 amide bonds. The van der Waals surface area contributed by atoms with Gasteiger partial charge < -0.3 is 51.3 Å². The van der Waals surface area contributed by atoms with Gasteiger partial charge in [-0.1, -0.05) is 32.4 Å². The minimum atomic E-state index is -4.60. The highest BCUT2D eigenvalue weighted by atomic mass is 32.7. The number of aromatic nitrogens is 6. The number of anilines is 2. The van der Waals surface area contributed by atoms with Gasteiger partial charge in [-0.2, -0.15) is 0 Å². The van der Waals surface area contributed by atoms with Gasteiger partial charge in [-0.25, -0.2) is 37.9 Å². The van der Waals surface area contributed by atoms with E-state index in [9.17, 15) is 38.4 Å². The van der Waals surface area contributed by atoms with E-state index in [1.807, 2.05) is 4.98 Å². The zero-order chi connectivity index (χ0) is 57.3. The van der Waals surface area contributed by atoms with Gasteiger partial charge >= 0.3 is 18.5 Å². The van der Waals surface area contributed by atoms with E-state index in [1.165, 1.54) is 41.5 Å². The summed E-state index contributed by atoms with van der Waals surface area (Å²) >= 11 is 0.626. The zero-order valence-electron chi connectivity index (χ0n) is 43.0. The van der Waals surface area contributed by atoms with Crippen LogP contribution >= 0.6 is 27.2 Å². The molecule has 0 aliphatic carbocycles. The molecule has 3 fully saturated rings. The van der Waals surface area contributed by atoms with Crippen molar-refractivity contribution in [1.82, 2.24) is 49.9 Å². The van der Waals surface area contributed by atoms with Gasteiger partial charge in [0.2, 0.25) is 17.7 Å². The highest BCUT2D eigenvalue weighted by Gasteiger charge is 2.53. The smallest absolute Gasteiger partial charge is 0.382 e. The Kier molecular flexibility index (Phi) is 20.0. The predicted molar refractivity (Wildman–Crippen MR) is 282 cm³/mol. The number of alkyl halides is 2. The molecule has 80 heavy (non-hydrogen) atoms. The maximum absolute atomic E-state index is 16.6.